The predicted molar refractivity (Wildman–Crippen MR) is 94.7 cm³/mol. The Bertz CT molecular complexity index is 612. The van der Waals surface area contributed by atoms with Gasteiger partial charge in [-0.1, -0.05) is 19.1 Å². The van der Waals surface area contributed by atoms with Crippen LogP contribution < -0.4 is 10.6 Å². The van der Waals surface area contributed by atoms with Gasteiger partial charge in [-0.25, -0.2) is 9.59 Å². The van der Waals surface area contributed by atoms with E-state index in [0.717, 1.165) is 44.8 Å². The molecule has 8 nitrogen and oxygen atoms in total. The van der Waals surface area contributed by atoms with Crippen LogP contribution in [0.3, 0.4) is 0 Å². The highest BCUT2D eigenvalue weighted by atomic mass is 16.5. The maximum Gasteiger partial charge on any atom is 0.338 e. The van der Waals surface area contributed by atoms with Gasteiger partial charge in [0.25, 0.3) is 5.91 Å². The van der Waals surface area contributed by atoms with Crippen molar-refractivity contribution in [2.45, 2.75) is 19.9 Å². The summed E-state index contributed by atoms with van der Waals surface area (Å²) in [5.41, 5.74) is 1.45. The third-order valence-electron chi connectivity index (χ3n) is 3.82. The standard InChI is InChI=1S/C18H25N3O5/c1-2-7-19-18(24)20-16(22)13-26-17(23)15-5-3-14(4-6-15)12-21-8-10-25-11-9-21/h3-6H,2,7-13H2,1H3,(H2,19,20,22,24). The van der Waals surface area contributed by atoms with Gasteiger partial charge in [0.15, 0.2) is 6.61 Å². The predicted octanol–water partition coefficient (Wildman–Crippen LogP) is 0.911. The van der Waals surface area contributed by atoms with Gasteiger partial charge in [0.05, 0.1) is 18.8 Å². The van der Waals surface area contributed by atoms with Crippen LogP contribution in [0.15, 0.2) is 24.3 Å². The highest BCUT2D eigenvalue weighted by molar-refractivity contribution is 5.97. The molecule has 0 unspecified atom stereocenters. The normalized spacial score (nSPS) is 14.5. The monoisotopic (exact) mass is 363 g/mol. The molecule has 1 aliphatic rings. The number of esters is 1. The number of hydrogen-bond donors (Lipinski definition) is 2. The van der Waals surface area contributed by atoms with E-state index < -0.39 is 24.5 Å². The van der Waals surface area contributed by atoms with E-state index in [-0.39, 0.29) is 0 Å². The van der Waals surface area contributed by atoms with Crippen LogP contribution in [-0.2, 0) is 20.8 Å². The summed E-state index contributed by atoms with van der Waals surface area (Å²) in [5.74, 6) is -1.28. The zero-order valence-electron chi connectivity index (χ0n) is 15.0. The average molecular weight is 363 g/mol. The molecule has 0 atom stereocenters. The van der Waals surface area contributed by atoms with Crippen molar-refractivity contribution >= 4 is 17.9 Å². The number of imide groups is 1. The van der Waals surface area contributed by atoms with Gasteiger partial charge in [-0.05, 0) is 24.1 Å². The minimum absolute atomic E-state index is 0.360. The Morgan fingerprint density at radius 1 is 1.15 bits per heavy atom. The van der Waals surface area contributed by atoms with Crippen LogP contribution in [0.2, 0.25) is 0 Å². The molecule has 0 aliphatic carbocycles. The number of benzene rings is 1. The lowest BCUT2D eigenvalue weighted by Crippen LogP contribution is -2.41. The number of morpholine rings is 1. The number of rotatable bonds is 7. The van der Waals surface area contributed by atoms with Gasteiger partial charge in [0.1, 0.15) is 0 Å². The van der Waals surface area contributed by atoms with E-state index in [1.165, 1.54) is 0 Å². The summed E-state index contributed by atoms with van der Waals surface area (Å²) in [7, 11) is 0. The van der Waals surface area contributed by atoms with Gasteiger partial charge >= 0.3 is 12.0 Å². The van der Waals surface area contributed by atoms with Crippen LogP contribution >= 0.6 is 0 Å². The smallest absolute Gasteiger partial charge is 0.338 e. The van der Waals surface area contributed by atoms with Crippen molar-refractivity contribution in [1.29, 1.82) is 0 Å². The summed E-state index contributed by atoms with van der Waals surface area (Å²) in [6.07, 6.45) is 0.762. The molecular weight excluding hydrogens is 338 g/mol. The van der Waals surface area contributed by atoms with E-state index in [1.54, 1.807) is 12.1 Å². The van der Waals surface area contributed by atoms with Crippen molar-refractivity contribution in [3.8, 4) is 0 Å². The fourth-order valence-corrected chi connectivity index (χ4v) is 2.42. The number of carbonyl (C=O) groups excluding carboxylic acids is 3. The molecule has 1 aromatic rings. The van der Waals surface area contributed by atoms with Gasteiger partial charge in [0, 0.05) is 26.2 Å². The highest BCUT2D eigenvalue weighted by Crippen LogP contribution is 2.10. The third kappa shape index (κ3) is 6.81. The molecule has 0 saturated carbocycles. The van der Waals surface area contributed by atoms with Crippen LogP contribution in [0, 0.1) is 0 Å². The second kappa shape index (κ2) is 10.5. The zero-order chi connectivity index (χ0) is 18.8. The topological polar surface area (TPSA) is 97.0 Å². The maximum atomic E-state index is 12.0. The summed E-state index contributed by atoms with van der Waals surface area (Å²) >= 11 is 0. The SMILES string of the molecule is CCCNC(=O)NC(=O)COC(=O)c1ccc(CN2CCOCC2)cc1. The first-order valence-corrected chi connectivity index (χ1v) is 8.72. The lowest BCUT2D eigenvalue weighted by Gasteiger charge is -2.26. The average Bonchev–Trinajstić information content (AvgIpc) is 2.66. The van der Waals surface area contributed by atoms with Crippen molar-refractivity contribution in [1.82, 2.24) is 15.5 Å². The largest absolute Gasteiger partial charge is 0.452 e. The fourth-order valence-electron chi connectivity index (χ4n) is 2.42. The van der Waals surface area contributed by atoms with Gasteiger partial charge in [0.2, 0.25) is 0 Å². The van der Waals surface area contributed by atoms with E-state index in [0.29, 0.717) is 12.1 Å². The van der Waals surface area contributed by atoms with Crippen LogP contribution in [0.4, 0.5) is 4.79 Å². The Kier molecular flexibility index (Phi) is 8.04. The lowest BCUT2D eigenvalue weighted by molar-refractivity contribution is -0.123. The molecule has 1 aromatic carbocycles. The quantitative estimate of drug-likeness (QED) is 0.699. The van der Waals surface area contributed by atoms with Crippen molar-refractivity contribution in [3.05, 3.63) is 35.4 Å². The maximum absolute atomic E-state index is 12.0. The summed E-state index contributed by atoms with van der Waals surface area (Å²) in [4.78, 5) is 37.2. The van der Waals surface area contributed by atoms with Crippen molar-refractivity contribution in [3.63, 3.8) is 0 Å². The molecule has 142 valence electrons. The number of nitrogens with zero attached hydrogens (tertiary/aromatic N) is 1. The molecular formula is C18H25N3O5. The van der Waals surface area contributed by atoms with Crippen molar-refractivity contribution < 1.29 is 23.9 Å². The third-order valence-corrected chi connectivity index (χ3v) is 3.82. The lowest BCUT2D eigenvalue weighted by atomic mass is 10.1. The summed E-state index contributed by atoms with van der Waals surface area (Å²) < 4.78 is 10.2. The molecule has 26 heavy (non-hydrogen) atoms. The van der Waals surface area contributed by atoms with Gasteiger partial charge < -0.3 is 14.8 Å². The van der Waals surface area contributed by atoms with Gasteiger partial charge in [-0.3, -0.25) is 15.0 Å². The summed E-state index contributed by atoms with van der Waals surface area (Å²) in [6, 6.07) is 6.48. The molecule has 3 amide bonds. The Morgan fingerprint density at radius 2 is 1.85 bits per heavy atom. The molecule has 2 N–H and O–H groups in total. The van der Waals surface area contributed by atoms with Gasteiger partial charge in [-0.2, -0.15) is 0 Å². The Hall–Kier alpha value is -2.45. The molecule has 1 heterocycles. The number of amides is 3. The first-order valence-electron chi connectivity index (χ1n) is 8.72. The van der Waals surface area contributed by atoms with Crippen molar-refractivity contribution in [2.24, 2.45) is 0 Å². The molecule has 1 aliphatic heterocycles. The first-order chi connectivity index (χ1) is 12.6. The van der Waals surface area contributed by atoms with E-state index in [1.807, 2.05) is 19.1 Å². The van der Waals surface area contributed by atoms with Crippen molar-refractivity contribution in [2.75, 3.05) is 39.5 Å². The second-order valence-corrected chi connectivity index (χ2v) is 5.97. The van der Waals surface area contributed by atoms with Crippen LogP contribution in [0.25, 0.3) is 0 Å². The number of carbonyl (C=O) groups is 3. The minimum Gasteiger partial charge on any atom is -0.452 e. The molecule has 1 fully saturated rings. The minimum atomic E-state index is -0.670. The van der Waals surface area contributed by atoms with Crippen LogP contribution in [0.1, 0.15) is 29.3 Å². The van der Waals surface area contributed by atoms with E-state index in [2.05, 4.69) is 15.5 Å². The summed E-state index contributed by atoms with van der Waals surface area (Å²) in [5, 5.41) is 4.59. The fraction of sp³-hybridized carbons (Fsp3) is 0.500. The number of hydrogen-bond acceptors (Lipinski definition) is 6. The zero-order valence-corrected chi connectivity index (χ0v) is 15.0. The first kappa shape index (κ1) is 19.9. The molecule has 1 saturated heterocycles. The Morgan fingerprint density at radius 3 is 2.50 bits per heavy atom. The number of urea groups is 1. The van der Waals surface area contributed by atoms with Crippen LogP contribution in [-0.4, -0.2) is 62.3 Å². The van der Waals surface area contributed by atoms with Crippen LogP contribution in [0.5, 0.6) is 0 Å². The second-order valence-electron chi connectivity index (χ2n) is 5.97. The molecule has 0 aromatic heterocycles. The molecule has 0 spiro atoms. The van der Waals surface area contributed by atoms with Gasteiger partial charge in [-0.15, -0.1) is 0 Å². The molecule has 0 bridgehead atoms. The molecule has 0 radical (unpaired) electrons. The van der Waals surface area contributed by atoms with E-state index >= 15 is 0 Å². The van der Waals surface area contributed by atoms with E-state index in [4.69, 9.17) is 9.47 Å². The molecule has 2 rings (SSSR count). The summed E-state index contributed by atoms with van der Waals surface area (Å²) in [6.45, 7) is 5.93. The Labute approximate surface area is 152 Å². The van der Waals surface area contributed by atoms with E-state index in [9.17, 15) is 14.4 Å². The number of nitrogens with one attached hydrogen (secondary N) is 2. The molecule has 8 heteroatoms. The number of ether oxygens (including phenoxy) is 2. The highest BCUT2D eigenvalue weighted by Gasteiger charge is 2.14. The Balaban J connectivity index is 1.74.